The van der Waals surface area contributed by atoms with Crippen molar-refractivity contribution in [2.45, 2.75) is 43.4 Å². The van der Waals surface area contributed by atoms with Gasteiger partial charge in [0.05, 0.1) is 12.9 Å². The number of nitrogens with two attached hydrogens (primary N) is 1. The van der Waals surface area contributed by atoms with Crippen LogP contribution in [0.1, 0.15) is 17.7 Å². The van der Waals surface area contributed by atoms with Crippen LogP contribution in [0.2, 0.25) is 0 Å². The zero-order valence-electron chi connectivity index (χ0n) is 20.2. The van der Waals surface area contributed by atoms with Gasteiger partial charge in [0, 0.05) is 24.7 Å². The third-order valence-electron chi connectivity index (χ3n) is 5.38. The van der Waals surface area contributed by atoms with Crippen LogP contribution in [0.25, 0.3) is 0 Å². The number of hydrogen-bond donors (Lipinski definition) is 8. The Morgan fingerprint density at radius 3 is 2.19 bits per heavy atom. The van der Waals surface area contributed by atoms with Crippen molar-refractivity contribution in [3.05, 3.63) is 48.0 Å². The molecule has 1 aromatic heterocycles. The molecule has 14 heteroatoms. The summed E-state index contributed by atoms with van der Waals surface area (Å²) in [5.74, 6) is -2.91. The highest BCUT2D eigenvalue weighted by Crippen LogP contribution is 2.12. The standard InChI is InChI=1S/C23H32N6O7S/c1-37-7-6-17(21(33)29-19(23(35)36)9-14-10-25-12-26-14)27-22(34)18(28-20(32)16(24)11-30)8-13-2-4-15(31)5-3-13/h2-5,10,12,16-19,30-31H,6-9,11,24H2,1H3,(H,25,26)(H,27,34)(H,28,32)(H,29,33)(H,35,36). The van der Waals surface area contributed by atoms with E-state index in [1.54, 1.807) is 12.1 Å². The van der Waals surface area contributed by atoms with Crippen LogP contribution < -0.4 is 21.7 Å². The number of thioether (sulfide) groups is 1. The number of aliphatic hydroxyl groups excluding tert-OH is 1. The zero-order chi connectivity index (χ0) is 27.4. The van der Waals surface area contributed by atoms with Crippen LogP contribution >= 0.6 is 11.8 Å². The number of rotatable bonds is 15. The number of carbonyl (C=O) groups excluding carboxylic acids is 3. The Kier molecular flexibility index (Phi) is 11.9. The smallest absolute Gasteiger partial charge is 0.326 e. The molecule has 3 amide bonds. The maximum atomic E-state index is 13.2. The van der Waals surface area contributed by atoms with Crippen LogP contribution in [0.5, 0.6) is 5.75 Å². The average Bonchev–Trinajstić information content (AvgIpc) is 3.39. The van der Waals surface area contributed by atoms with Crippen LogP contribution in [0.4, 0.5) is 0 Å². The highest BCUT2D eigenvalue weighted by atomic mass is 32.2. The second kappa shape index (κ2) is 14.8. The quantitative estimate of drug-likeness (QED) is 0.132. The number of amides is 3. The first-order valence-corrected chi connectivity index (χ1v) is 12.8. The van der Waals surface area contributed by atoms with Gasteiger partial charge in [0.15, 0.2) is 0 Å². The number of phenols is 1. The number of aromatic hydroxyl groups is 1. The average molecular weight is 537 g/mol. The number of benzene rings is 1. The summed E-state index contributed by atoms with van der Waals surface area (Å²) in [6, 6.07) is 1.20. The zero-order valence-corrected chi connectivity index (χ0v) is 21.0. The molecule has 0 fully saturated rings. The third kappa shape index (κ3) is 9.74. The van der Waals surface area contributed by atoms with Crippen molar-refractivity contribution in [3.63, 3.8) is 0 Å². The normalized spacial score (nSPS) is 14.1. The van der Waals surface area contributed by atoms with Gasteiger partial charge >= 0.3 is 5.97 Å². The molecule has 13 nitrogen and oxygen atoms in total. The number of aromatic amines is 1. The van der Waals surface area contributed by atoms with Gasteiger partial charge in [-0.2, -0.15) is 11.8 Å². The van der Waals surface area contributed by atoms with Crippen LogP contribution in [-0.2, 0) is 32.0 Å². The molecule has 1 aromatic carbocycles. The maximum absolute atomic E-state index is 13.2. The van der Waals surface area contributed by atoms with E-state index in [4.69, 9.17) is 5.73 Å². The Morgan fingerprint density at radius 1 is 1.00 bits per heavy atom. The number of imidazole rings is 1. The number of carbonyl (C=O) groups is 4. The summed E-state index contributed by atoms with van der Waals surface area (Å²) in [5, 5.41) is 35.8. The number of hydrogen-bond acceptors (Lipinski definition) is 9. The van der Waals surface area contributed by atoms with Crippen molar-refractivity contribution in [1.29, 1.82) is 0 Å². The van der Waals surface area contributed by atoms with Crippen molar-refractivity contribution < 1.29 is 34.5 Å². The number of aromatic nitrogens is 2. The fourth-order valence-corrected chi connectivity index (χ4v) is 3.78. The second-order valence-electron chi connectivity index (χ2n) is 8.24. The molecule has 0 aliphatic rings. The third-order valence-corrected chi connectivity index (χ3v) is 6.02. The lowest BCUT2D eigenvalue weighted by Crippen LogP contribution is -2.58. The van der Waals surface area contributed by atoms with Crippen LogP contribution in [0, 0.1) is 0 Å². The monoisotopic (exact) mass is 536 g/mol. The number of phenolic OH excluding ortho intramolecular Hbond substituents is 1. The number of nitrogens with one attached hydrogen (secondary N) is 4. The van der Waals surface area contributed by atoms with Crippen molar-refractivity contribution in [1.82, 2.24) is 25.9 Å². The van der Waals surface area contributed by atoms with E-state index in [9.17, 15) is 34.5 Å². The van der Waals surface area contributed by atoms with E-state index >= 15 is 0 Å². The SMILES string of the molecule is CSCCC(NC(=O)C(Cc1ccc(O)cc1)NC(=O)C(N)CO)C(=O)NC(Cc1cnc[nH]1)C(=O)O. The molecule has 0 bridgehead atoms. The van der Waals surface area contributed by atoms with E-state index in [0.717, 1.165) is 0 Å². The van der Waals surface area contributed by atoms with Crippen molar-refractivity contribution in [3.8, 4) is 5.75 Å². The molecular formula is C23H32N6O7S. The minimum atomic E-state index is -1.27. The van der Waals surface area contributed by atoms with Crippen LogP contribution in [-0.4, -0.2) is 91.8 Å². The minimum Gasteiger partial charge on any atom is -0.508 e. The minimum absolute atomic E-state index is 0.00441. The van der Waals surface area contributed by atoms with E-state index in [0.29, 0.717) is 17.0 Å². The van der Waals surface area contributed by atoms with E-state index in [-0.39, 0.29) is 25.0 Å². The summed E-state index contributed by atoms with van der Waals surface area (Å²) in [6.07, 6.45) is 4.82. The molecule has 0 saturated heterocycles. The van der Waals surface area contributed by atoms with Gasteiger partial charge in [0.1, 0.15) is 29.9 Å². The lowest BCUT2D eigenvalue weighted by molar-refractivity contribution is -0.142. The number of aliphatic carboxylic acids is 1. The Labute approximate surface area is 217 Å². The molecule has 37 heavy (non-hydrogen) atoms. The van der Waals surface area contributed by atoms with Gasteiger partial charge in [-0.25, -0.2) is 9.78 Å². The fourth-order valence-electron chi connectivity index (χ4n) is 3.30. The van der Waals surface area contributed by atoms with Crippen LogP contribution in [0.15, 0.2) is 36.8 Å². The molecule has 0 spiro atoms. The van der Waals surface area contributed by atoms with Crippen molar-refractivity contribution in [2.75, 3.05) is 18.6 Å². The van der Waals surface area contributed by atoms with Gasteiger partial charge in [-0.3, -0.25) is 14.4 Å². The second-order valence-corrected chi connectivity index (χ2v) is 9.23. The molecule has 4 unspecified atom stereocenters. The number of carboxylic acids is 1. The molecule has 1 heterocycles. The lowest BCUT2D eigenvalue weighted by atomic mass is 10.0. The highest BCUT2D eigenvalue weighted by Gasteiger charge is 2.30. The Bertz CT molecular complexity index is 1030. The number of H-pyrrole nitrogens is 1. The van der Waals surface area contributed by atoms with Gasteiger partial charge in [-0.15, -0.1) is 0 Å². The predicted molar refractivity (Wildman–Crippen MR) is 136 cm³/mol. The van der Waals surface area contributed by atoms with Gasteiger partial charge in [-0.1, -0.05) is 12.1 Å². The predicted octanol–water partition coefficient (Wildman–Crippen LogP) is -1.49. The molecular weight excluding hydrogens is 504 g/mol. The molecule has 0 aliphatic heterocycles. The number of carboxylic acid groups (broad SMARTS) is 1. The van der Waals surface area contributed by atoms with E-state index < -0.39 is 54.5 Å². The summed E-state index contributed by atoms with van der Waals surface area (Å²) >= 11 is 1.43. The van der Waals surface area contributed by atoms with Gasteiger partial charge in [0.25, 0.3) is 0 Å². The van der Waals surface area contributed by atoms with Crippen molar-refractivity contribution in [2.24, 2.45) is 5.73 Å². The summed E-state index contributed by atoms with van der Waals surface area (Å²) < 4.78 is 0. The largest absolute Gasteiger partial charge is 0.508 e. The maximum Gasteiger partial charge on any atom is 0.326 e. The van der Waals surface area contributed by atoms with Crippen LogP contribution in [0.3, 0.4) is 0 Å². The van der Waals surface area contributed by atoms with E-state index in [1.807, 2.05) is 6.26 Å². The Morgan fingerprint density at radius 2 is 1.62 bits per heavy atom. The summed E-state index contributed by atoms with van der Waals surface area (Å²) in [4.78, 5) is 56.9. The van der Waals surface area contributed by atoms with E-state index in [1.165, 1.54) is 36.4 Å². The fraction of sp³-hybridized carbons (Fsp3) is 0.435. The molecule has 0 aliphatic carbocycles. The molecule has 202 valence electrons. The van der Waals surface area contributed by atoms with Gasteiger partial charge in [-0.05, 0) is 36.1 Å². The van der Waals surface area contributed by atoms with Gasteiger partial charge < -0.3 is 42.0 Å². The molecule has 2 aromatic rings. The molecule has 2 rings (SSSR count). The first-order chi connectivity index (χ1) is 17.6. The van der Waals surface area contributed by atoms with Crippen molar-refractivity contribution >= 4 is 35.5 Å². The summed E-state index contributed by atoms with van der Waals surface area (Å²) in [5.41, 5.74) is 6.69. The highest BCUT2D eigenvalue weighted by molar-refractivity contribution is 7.98. The van der Waals surface area contributed by atoms with E-state index in [2.05, 4.69) is 25.9 Å². The first-order valence-electron chi connectivity index (χ1n) is 11.4. The first kappa shape index (κ1) is 29.6. The summed E-state index contributed by atoms with van der Waals surface area (Å²) in [7, 11) is 0. The Hall–Kier alpha value is -3.62. The molecule has 0 radical (unpaired) electrons. The molecule has 4 atom stereocenters. The summed E-state index contributed by atoms with van der Waals surface area (Å²) in [6.45, 7) is -0.634. The number of aliphatic hydroxyl groups is 1. The lowest BCUT2D eigenvalue weighted by Gasteiger charge is -2.25. The topological polar surface area (TPSA) is 220 Å². The van der Waals surface area contributed by atoms with Gasteiger partial charge in [0.2, 0.25) is 17.7 Å². The number of nitrogens with zero attached hydrogens (tertiary/aromatic N) is 1. The Balaban J connectivity index is 2.19. The molecule has 9 N–H and O–H groups in total. The molecule has 0 saturated carbocycles.